The summed E-state index contributed by atoms with van der Waals surface area (Å²) >= 11 is 4.78. The minimum Gasteiger partial charge on any atom is -0.372 e. The average Bonchev–Trinajstić information content (AvgIpc) is 2.98. The van der Waals surface area contributed by atoms with Crippen LogP contribution in [0.15, 0.2) is 22.7 Å². The first-order valence-corrected chi connectivity index (χ1v) is 8.87. The summed E-state index contributed by atoms with van der Waals surface area (Å²) in [5, 5.41) is 9.83. The zero-order valence-electron chi connectivity index (χ0n) is 12.4. The topological polar surface area (TPSA) is 38.2 Å². The number of hydrogen-bond donors (Lipinski definition) is 0. The summed E-state index contributed by atoms with van der Waals surface area (Å²) in [5.74, 6) is -0.285. The van der Waals surface area contributed by atoms with E-state index in [0.29, 0.717) is 10.6 Å². The molecule has 118 valence electrons. The van der Waals surface area contributed by atoms with Crippen molar-refractivity contribution in [2.45, 2.75) is 32.5 Å². The number of ether oxygens (including phenoxy) is 1. The smallest absolute Gasteiger partial charge is 0.208 e. The zero-order chi connectivity index (χ0) is 15.7. The first-order chi connectivity index (χ1) is 10.6. The van der Waals surface area contributed by atoms with Crippen molar-refractivity contribution in [3.63, 3.8) is 0 Å². The Bertz CT molecular complexity index is 666. The van der Waals surface area contributed by atoms with E-state index in [1.165, 1.54) is 17.4 Å². The van der Waals surface area contributed by atoms with Crippen LogP contribution in [0.5, 0.6) is 0 Å². The number of rotatable bonds is 3. The molecule has 2 unspecified atom stereocenters. The molecule has 1 aromatic carbocycles. The first-order valence-electron chi connectivity index (χ1n) is 7.26. The van der Waals surface area contributed by atoms with E-state index in [4.69, 9.17) is 4.74 Å². The molecule has 1 fully saturated rings. The Morgan fingerprint density at radius 1 is 1.41 bits per heavy atom. The van der Waals surface area contributed by atoms with E-state index in [9.17, 15) is 4.39 Å². The van der Waals surface area contributed by atoms with Gasteiger partial charge in [-0.2, -0.15) is 0 Å². The molecule has 1 saturated heterocycles. The Morgan fingerprint density at radius 2 is 2.23 bits per heavy atom. The van der Waals surface area contributed by atoms with Gasteiger partial charge in [-0.1, -0.05) is 34.2 Å². The quantitative estimate of drug-likeness (QED) is 0.796. The van der Waals surface area contributed by atoms with Gasteiger partial charge in [0.25, 0.3) is 0 Å². The lowest BCUT2D eigenvalue weighted by molar-refractivity contribution is -0.0172. The molecule has 1 aliphatic heterocycles. The van der Waals surface area contributed by atoms with Crippen LogP contribution in [0.25, 0.3) is 10.6 Å². The van der Waals surface area contributed by atoms with Crippen LogP contribution in [0.3, 0.4) is 0 Å². The predicted octanol–water partition coefficient (Wildman–Crippen LogP) is 4.11. The molecule has 0 saturated carbocycles. The van der Waals surface area contributed by atoms with E-state index >= 15 is 0 Å². The maximum Gasteiger partial charge on any atom is 0.208 e. The molecule has 0 radical (unpaired) electrons. The third kappa shape index (κ3) is 3.31. The van der Waals surface area contributed by atoms with Crippen LogP contribution >= 0.6 is 27.3 Å². The zero-order valence-corrected chi connectivity index (χ0v) is 14.8. The summed E-state index contributed by atoms with van der Waals surface area (Å²) in [6, 6.07) is 4.84. The monoisotopic (exact) mass is 385 g/mol. The molecule has 1 aliphatic rings. The molecule has 0 N–H and O–H groups in total. The highest BCUT2D eigenvalue weighted by molar-refractivity contribution is 9.10. The van der Waals surface area contributed by atoms with Crippen LogP contribution in [0.1, 0.15) is 20.3 Å². The van der Waals surface area contributed by atoms with Crippen LogP contribution in [-0.4, -0.2) is 35.5 Å². The fraction of sp³-hybridized carbons (Fsp3) is 0.467. The molecular weight excluding hydrogens is 369 g/mol. The Labute approximate surface area is 141 Å². The fourth-order valence-electron chi connectivity index (χ4n) is 2.54. The molecule has 0 spiro atoms. The van der Waals surface area contributed by atoms with Crippen molar-refractivity contribution in [2.75, 3.05) is 18.0 Å². The van der Waals surface area contributed by atoms with Gasteiger partial charge in [0.05, 0.1) is 12.2 Å². The molecule has 2 heterocycles. The van der Waals surface area contributed by atoms with E-state index < -0.39 is 0 Å². The SMILES string of the molecule is CCC1CN(c2nnc(-c3cc(Br)ccc3F)s2)CC(C)O1. The van der Waals surface area contributed by atoms with Crippen molar-refractivity contribution < 1.29 is 9.13 Å². The molecule has 0 amide bonds. The second kappa shape index (κ2) is 6.60. The minimum absolute atomic E-state index is 0.161. The molecule has 0 bridgehead atoms. The Morgan fingerprint density at radius 3 is 3.00 bits per heavy atom. The van der Waals surface area contributed by atoms with Gasteiger partial charge in [-0.3, -0.25) is 0 Å². The van der Waals surface area contributed by atoms with Gasteiger partial charge < -0.3 is 9.64 Å². The molecule has 1 aromatic heterocycles. The number of benzene rings is 1. The maximum atomic E-state index is 14.0. The van der Waals surface area contributed by atoms with Gasteiger partial charge in [0, 0.05) is 23.1 Å². The van der Waals surface area contributed by atoms with Gasteiger partial charge in [-0.15, -0.1) is 10.2 Å². The van der Waals surface area contributed by atoms with Crippen molar-refractivity contribution in [3.05, 3.63) is 28.5 Å². The van der Waals surface area contributed by atoms with Gasteiger partial charge in [0.2, 0.25) is 5.13 Å². The van der Waals surface area contributed by atoms with Gasteiger partial charge >= 0.3 is 0 Å². The third-order valence-corrected chi connectivity index (χ3v) is 5.14. The first kappa shape index (κ1) is 15.8. The van der Waals surface area contributed by atoms with E-state index in [2.05, 4.69) is 44.9 Å². The highest BCUT2D eigenvalue weighted by atomic mass is 79.9. The minimum atomic E-state index is -0.285. The number of aromatic nitrogens is 2. The van der Waals surface area contributed by atoms with Gasteiger partial charge in [-0.25, -0.2) is 4.39 Å². The van der Waals surface area contributed by atoms with Gasteiger partial charge in [0.1, 0.15) is 5.82 Å². The Kier molecular flexibility index (Phi) is 4.75. The second-order valence-corrected chi connectivity index (χ2v) is 7.27. The lowest BCUT2D eigenvalue weighted by atomic mass is 10.2. The largest absolute Gasteiger partial charge is 0.372 e. The standard InChI is InChI=1S/C15H17BrFN3OS/c1-3-11-8-20(7-9(2)21-11)15-19-18-14(22-15)12-6-10(16)4-5-13(12)17/h4-6,9,11H,3,7-8H2,1-2H3. The lowest BCUT2D eigenvalue weighted by Gasteiger charge is -2.36. The van der Waals surface area contributed by atoms with Gasteiger partial charge in [0.15, 0.2) is 5.01 Å². The highest BCUT2D eigenvalue weighted by Crippen LogP contribution is 2.33. The number of hydrogen-bond acceptors (Lipinski definition) is 5. The third-order valence-electron chi connectivity index (χ3n) is 3.63. The normalized spacial score (nSPS) is 22.1. The molecule has 0 aliphatic carbocycles. The van der Waals surface area contributed by atoms with Crippen molar-refractivity contribution in [3.8, 4) is 10.6 Å². The second-order valence-electron chi connectivity index (χ2n) is 5.40. The molecule has 22 heavy (non-hydrogen) atoms. The fourth-order valence-corrected chi connectivity index (χ4v) is 3.78. The molecule has 2 aromatic rings. The van der Waals surface area contributed by atoms with Crippen molar-refractivity contribution >= 4 is 32.4 Å². The van der Waals surface area contributed by atoms with Crippen LogP contribution in [0.4, 0.5) is 9.52 Å². The molecule has 7 heteroatoms. The van der Waals surface area contributed by atoms with E-state index in [0.717, 1.165) is 29.1 Å². The number of nitrogens with zero attached hydrogens (tertiary/aromatic N) is 3. The predicted molar refractivity (Wildman–Crippen MR) is 89.8 cm³/mol. The van der Waals surface area contributed by atoms with Crippen molar-refractivity contribution in [1.82, 2.24) is 10.2 Å². The van der Waals surface area contributed by atoms with Crippen LogP contribution in [0, 0.1) is 5.82 Å². The van der Waals surface area contributed by atoms with Gasteiger partial charge in [-0.05, 0) is 31.5 Å². The number of halogens is 2. The van der Waals surface area contributed by atoms with Crippen LogP contribution < -0.4 is 4.90 Å². The van der Waals surface area contributed by atoms with E-state index in [-0.39, 0.29) is 18.0 Å². The highest BCUT2D eigenvalue weighted by Gasteiger charge is 2.26. The summed E-state index contributed by atoms with van der Waals surface area (Å²) in [7, 11) is 0. The molecule has 2 atom stereocenters. The average molecular weight is 386 g/mol. The molecule has 4 nitrogen and oxygen atoms in total. The summed E-state index contributed by atoms with van der Waals surface area (Å²) in [6.45, 7) is 5.76. The molecule has 3 rings (SSSR count). The summed E-state index contributed by atoms with van der Waals surface area (Å²) in [6.07, 6.45) is 1.33. The summed E-state index contributed by atoms with van der Waals surface area (Å²) in [4.78, 5) is 2.18. The summed E-state index contributed by atoms with van der Waals surface area (Å²) in [5.41, 5.74) is 0.478. The van der Waals surface area contributed by atoms with Crippen molar-refractivity contribution in [1.29, 1.82) is 0 Å². The van der Waals surface area contributed by atoms with Crippen molar-refractivity contribution in [2.24, 2.45) is 0 Å². The maximum absolute atomic E-state index is 14.0. The lowest BCUT2D eigenvalue weighted by Crippen LogP contribution is -2.46. The van der Waals surface area contributed by atoms with E-state index in [1.54, 1.807) is 12.1 Å². The van der Waals surface area contributed by atoms with Crippen LogP contribution in [0.2, 0.25) is 0 Å². The summed E-state index contributed by atoms with van der Waals surface area (Å²) < 4.78 is 20.7. The Hall–Kier alpha value is -1.05. The van der Waals surface area contributed by atoms with Crippen LogP contribution in [-0.2, 0) is 4.74 Å². The molecular formula is C15H17BrFN3OS. The number of morpholine rings is 1. The number of anilines is 1. The van der Waals surface area contributed by atoms with E-state index in [1.807, 2.05) is 0 Å². The Balaban J connectivity index is 1.85.